The zero-order valence-corrected chi connectivity index (χ0v) is 10.2. The Morgan fingerprint density at radius 3 is 2.95 bits per heavy atom. The summed E-state index contributed by atoms with van der Waals surface area (Å²) in [7, 11) is 0. The van der Waals surface area contributed by atoms with Crippen molar-refractivity contribution in [2.24, 2.45) is 5.73 Å². The topological polar surface area (TPSA) is 87.8 Å². The molecule has 1 unspecified atom stereocenters. The Balaban J connectivity index is 2.06. The Morgan fingerprint density at radius 2 is 2.21 bits per heavy atom. The molecule has 1 atom stereocenters. The summed E-state index contributed by atoms with van der Waals surface area (Å²) in [4.78, 5) is 11.8. The van der Waals surface area contributed by atoms with E-state index < -0.39 is 0 Å². The van der Waals surface area contributed by atoms with Crippen molar-refractivity contribution in [3.05, 3.63) is 48.3 Å². The fourth-order valence-electron chi connectivity index (χ4n) is 2.00. The molecule has 0 bridgehead atoms. The minimum Gasteiger partial charge on any atom is -0.394 e. The first kappa shape index (κ1) is 11.8. The second-order valence-corrected chi connectivity index (χ2v) is 4.39. The third-order valence-electron chi connectivity index (χ3n) is 3.07. The van der Waals surface area contributed by atoms with Gasteiger partial charge < -0.3 is 15.8 Å². The van der Waals surface area contributed by atoms with Gasteiger partial charge in [-0.2, -0.15) is 0 Å². The zero-order chi connectivity index (χ0) is 13.2. The van der Waals surface area contributed by atoms with Gasteiger partial charge in [-0.25, -0.2) is 4.98 Å². The van der Waals surface area contributed by atoms with Crippen molar-refractivity contribution in [3.8, 4) is 11.4 Å². The van der Waals surface area contributed by atoms with E-state index in [4.69, 9.17) is 10.8 Å². The second kappa shape index (κ2) is 4.79. The van der Waals surface area contributed by atoms with E-state index in [1.165, 1.54) is 0 Å². The van der Waals surface area contributed by atoms with E-state index in [-0.39, 0.29) is 12.6 Å². The van der Waals surface area contributed by atoms with Crippen LogP contribution in [-0.2, 0) is 0 Å². The summed E-state index contributed by atoms with van der Waals surface area (Å²) in [6.07, 6.45) is 3.49. The van der Waals surface area contributed by atoms with Crippen LogP contribution in [0.1, 0.15) is 11.6 Å². The average molecular weight is 254 g/mol. The Morgan fingerprint density at radius 1 is 1.32 bits per heavy atom. The molecule has 1 aromatic carbocycles. The number of aromatic nitrogens is 3. The van der Waals surface area contributed by atoms with E-state index in [9.17, 15) is 0 Å². The summed E-state index contributed by atoms with van der Waals surface area (Å²) in [5.41, 5.74) is 9.40. The first-order chi connectivity index (χ1) is 9.28. The summed E-state index contributed by atoms with van der Waals surface area (Å²) < 4.78 is 0. The van der Waals surface area contributed by atoms with Crippen LogP contribution >= 0.6 is 0 Å². The molecule has 0 aliphatic rings. The van der Waals surface area contributed by atoms with Gasteiger partial charge in [0.2, 0.25) is 0 Å². The Labute approximate surface area is 110 Å². The van der Waals surface area contributed by atoms with Crippen molar-refractivity contribution in [2.45, 2.75) is 6.04 Å². The number of H-pyrrole nitrogens is 1. The Kier molecular flexibility index (Phi) is 2.98. The van der Waals surface area contributed by atoms with Gasteiger partial charge in [-0.05, 0) is 29.8 Å². The molecule has 0 saturated heterocycles. The molecule has 2 aromatic heterocycles. The van der Waals surface area contributed by atoms with Crippen LogP contribution in [0.15, 0.2) is 42.7 Å². The van der Waals surface area contributed by atoms with E-state index >= 15 is 0 Å². The molecule has 5 heteroatoms. The van der Waals surface area contributed by atoms with E-state index in [0.29, 0.717) is 0 Å². The first-order valence-corrected chi connectivity index (χ1v) is 6.04. The SMILES string of the molecule is NC(CO)c1ccc2nc(-c3cccnc3)[nH]c2c1. The molecule has 4 N–H and O–H groups in total. The van der Waals surface area contributed by atoms with Crippen LogP contribution in [0.3, 0.4) is 0 Å². The maximum atomic E-state index is 9.08. The molecule has 5 nitrogen and oxygen atoms in total. The number of nitrogens with one attached hydrogen (secondary N) is 1. The highest BCUT2D eigenvalue weighted by Gasteiger charge is 2.09. The summed E-state index contributed by atoms with van der Waals surface area (Å²) >= 11 is 0. The Bertz CT molecular complexity index is 693. The number of hydrogen-bond donors (Lipinski definition) is 3. The minimum absolute atomic E-state index is 0.0743. The summed E-state index contributed by atoms with van der Waals surface area (Å²) in [6, 6.07) is 9.16. The van der Waals surface area contributed by atoms with Gasteiger partial charge >= 0.3 is 0 Å². The number of aliphatic hydroxyl groups is 1. The van der Waals surface area contributed by atoms with Crippen LogP contribution < -0.4 is 5.73 Å². The van der Waals surface area contributed by atoms with Gasteiger partial charge in [-0.15, -0.1) is 0 Å². The monoisotopic (exact) mass is 254 g/mol. The fourth-order valence-corrected chi connectivity index (χ4v) is 2.00. The third-order valence-corrected chi connectivity index (χ3v) is 3.07. The predicted molar refractivity (Wildman–Crippen MR) is 73.3 cm³/mol. The molecule has 3 aromatic rings. The molecule has 0 spiro atoms. The summed E-state index contributed by atoms with van der Waals surface area (Å²) in [5, 5.41) is 9.08. The normalized spacial score (nSPS) is 12.7. The van der Waals surface area contributed by atoms with Crippen molar-refractivity contribution in [1.82, 2.24) is 15.0 Å². The molecule has 0 aliphatic carbocycles. The molecule has 0 radical (unpaired) electrons. The zero-order valence-electron chi connectivity index (χ0n) is 10.2. The lowest BCUT2D eigenvalue weighted by molar-refractivity contribution is 0.268. The molecular weight excluding hydrogens is 240 g/mol. The van der Waals surface area contributed by atoms with Gasteiger partial charge in [0, 0.05) is 18.0 Å². The predicted octanol–water partition coefficient (Wildman–Crippen LogP) is 1.62. The van der Waals surface area contributed by atoms with Crippen LogP contribution in [0.25, 0.3) is 22.4 Å². The number of rotatable bonds is 3. The van der Waals surface area contributed by atoms with E-state index in [2.05, 4.69) is 15.0 Å². The minimum atomic E-state index is -0.366. The second-order valence-electron chi connectivity index (χ2n) is 4.39. The number of nitrogens with zero attached hydrogens (tertiary/aromatic N) is 2. The highest BCUT2D eigenvalue weighted by Crippen LogP contribution is 2.22. The van der Waals surface area contributed by atoms with Crippen molar-refractivity contribution < 1.29 is 5.11 Å². The first-order valence-electron chi connectivity index (χ1n) is 6.04. The van der Waals surface area contributed by atoms with Crippen LogP contribution in [0.2, 0.25) is 0 Å². The van der Waals surface area contributed by atoms with Gasteiger partial charge in [0.25, 0.3) is 0 Å². The molecular formula is C14H14N4O. The number of imidazole rings is 1. The number of fused-ring (bicyclic) bond motifs is 1. The molecule has 0 aliphatic heterocycles. The van der Waals surface area contributed by atoms with E-state index in [1.54, 1.807) is 12.4 Å². The summed E-state index contributed by atoms with van der Waals surface area (Å²) in [5.74, 6) is 0.776. The van der Waals surface area contributed by atoms with Crippen LogP contribution in [0, 0.1) is 0 Å². The largest absolute Gasteiger partial charge is 0.394 e. The number of aromatic amines is 1. The standard InChI is InChI=1S/C14H14N4O/c15-11(8-19)9-3-4-12-13(6-9)18-14(17-12)10-2-1-5-16-7-10/h1-7,11,19H,8,15H2,(H,17,18). The maximum Gasteiger partial charge on any atom is 0.140 e. The average Bonchev–Trinajstić information content (AvgIpc) is 2.90. The number of hydrogen-bond acceptors (Lipinski definition) is 4. The van der Waals surface area contributed by atoms with Gasteiger partial charge in [0.15, 0.2) is 0 Å². The molecule has 2 heterocycles. The quantitative estimate of drug-likeness (QED) is 0.662. The van der Waals surface area contributed by atoms with Crippen molar-refractivity contribution >= 4 is 11.0 Å². The lowest BCUT2D eigenvalue weighted by Gasteiger charge is -2.07. The lowest BCUT2D eigenvalue weighted by Crippen LogP contribution is -2.14. The smallest absolute Gasteiger partial charge is 0.140 e. The molecule has 19 heavy (non-hydrogen) atoms. The third kappa shape index (κ3) is 2.21. The lowest BCUT2D eigenvalue weighted by atomic mass is 10.1. The van der Waals surface area contributed by atoms with Crippen molar-refractivity contribution in [3.63, 3.8) is 0 Å². The van der Waals surface area contributed by atoms with Crippen LogP contribution in [0.5, 0.6) is 0 Å². The molecule has 0 fully saturated rings. The maximum absolute atomic E-state index is 9.08. The number of aliphatic hydroxyl groups excluding tert-OH is 1. The highest BCUT2D eigenvalue weighted by molar-refractivity contribution is 5.80. The van der Waals surface area contributed by atoms with Gasteiger partial charge in [0.05, 0.1) is 23.7 Å². The number of pyridine rings is 1. The number of benzene rings is 1. The van der Waals surface area contributed by atoms with E-state index in [0.717, 1.165) is 28.0 Å². The van der Waals surface area contributed by atoms with Crippen molar-refractivity contribution in [1.29, 1.82) is 0 Å². The molecule has 96 valence electrons. The van der Waals surface area contributed by atoms with Crippen molar-refractivity contribution in [2.75, 3.05) is 6.61 Å². The fraction of sp³-hybridized carbons (Fsp3) is 0.143. The van der Waals surface area contributed by atoms with Crippen LogP contribution in [-0.4, -0.2) is 26.7 Å². The number of nitrogens with two attached hydrogens (primary N) is 1. The van der Waals surface area contributed by atoms with Gasteiger partial charge in [-0.3, -0.25) is 4.98 Å². The van der Waals surface area contributed by atoms with Gasteiger partial charge in [0.1, 0.15) is 5.82 Å². The van der Waals surface area contributed by atoms with Crippen LogP contribution in [0.4, 0.5) is 0 Å². The Hall–Kier alpha value is -2.24. The molecule has 3 rings (SSSR count). The summed E-state index contributed by atoms with van der Waals surface area (Å²) in [6.45, 7) is -0.0743. The van der Waals surface area contributed by atoms with E-state index in [1.807, 2.05) is 30.3 Å². The highest BCUT2D eigenvalue weighted by atomic mass is 16.3. The molecule has 0 saturated carbocycles. The molecule has 0 amide bonds. The van der Waals surface area contributed by atoms with Gasteiger partial charge in [-0.1, -0.05) is 6.07 Å².